The molecule has 128 valence electrons. The van der Waals surface area contributed by atoms with Gasteiger partial charge in [-0.1, -0.05) is 43.7 Å². The van der Waals surface area contributed by atoms with Crippen molar-refractivity contribution in [1.29, 1.82) is 0 Å². The number of rotatable bonds is 7. The maximum Gasteiger partial charge on any atom is 0.223 e. The van der Waals surface area contributed by atoms with Crippen molar-refractivity contribution in [2.24, 2.45) is 0 Å². The molecule has 4 heteroatoms. The van der Waals surface area contributed by atoms with E-state index in [1.165, 1.54) is 19.4 Å². The van der Waals surface area contributed by atoms with Crippen LogP contribution in [0.2, 0.25) is 0 Å². The van der Waals surface area contributed by atoms with E-state index in [0.717, 1.165) is 31.5 Å². The zero-order valence-corrected chi connectivity index (χ0v) is 14.4. The summed E-state index contributed by atoms with van der Waals surface area (Å²) < 4.78 is 0. The Morgan fingerprint density at radius 2 is 1.96 bits per heavy atom. The predicted molar refractivity (Wildman–Crippen MR) is 93.1 cm³/mol. The summed E-state index contributed by atoms with van der Waals surface area (Å²) in [5, 5.41) is 13.7. The molecule has 1 aliphatic heterocycles. The van der Waals surface area contributed by atoms with Crippen LogP contribution in [0.15, 0.2) is 30.3 Å². The molecule has 0 aliphatic carbocycles. The lowest BCUT2D eigenvalue weighted by Gasteiger charge is -2.33. The number of hydrogen-bond acceptors (Lipinski definition) is 3. The van der Waals surface area contributed by atoms with Crippen LogP contribution >= 0.6 is 0 Å². The fraction of sp³-hybridized carbons (Fsp3) is 0.632. The zero-order valence-electron chi connectivity index (χ0n) is 14.4. The molecule has 1 heterocycles. The highest BCUT2D eigenvalue weighted by molar-refractivity contribution is 5.77. The Morgan fingerprint density at radius 1 is 1.30 bits per heavy atom. The summed E-state index contributed by atoms with van der Waals surface area (Å²) >= 11 is 0. The second-order valence-electron chi connectivity index (χ2n) is 6.85. The van der Waals surface area contributed by atoms with E-state index in [2.05, 4.69) is 17.1 Å². The Labute approximate surface area is 139 Å². The molecule has 1 aromatic rings. The molecule has 1 atom stereocenters. The van der Waals surface area contributed by atoms with Crippen molar-refractivity contribution in [2.45, 2.75) is 57.6 Å². The molecule has 1 saturated heterocycles. The summed E-state index contributed by atoms with van der Waals surface area (Å²) in [6.45, 7) is 7.20. The summed E-state index contributed by atoms with van der Waals surface area (Å²) in [5.41, 5.74) is -0.336. The van der Waals surface area contributed by atoms with Gasteiger partial charge in [0.05, 0.1) is 12.0 Å². The Bertz CT molecular complexity index is 479. The third-order valence-corrected chi connectivity index (χ3v) is 4.68. The van der Waals surface area contributed by atoms with E-state index in [0.29, 0.717) is 0 Å². The molecule has 1 unspecified atom stereocenters. The van der Waals surface area contributed by atoms with Crippen molar-refractivity contribution >= 4 is 5.91 Å². The Hall–Kier alpha value is -1.39. The highest BCUT2D eigenvalue weighted by Crippen LogP contribution is 2.24. The average Bonchev–Trinajstić information content (AvgIpc) is 2.54. The lowest BCUT2D eigenvalue weighted by Crippen LogP contribution is -2.46. The summed E-state index contributed by atoms with van der Waals surface area (Å²) in [7, 11) is 0. The minimum Gasteiger partial charge on any atom is -0.385 e. The fourth-order valence-corrected chi connectivity index (χ4v) is 3.17. The summed E-state index contributed by atoms with van der Waals surface area (Å²) in [4.78, 5) is 14.7. The fourth-order valence-electron chi connectivity index (χ4n) is 3.17. The van der Waals surface area contributed by atoms with Crippen LogP contribution in [0.25, 0.3) is 0 Å². The molecule has 1 fully saturated rings. The molecule has 4 nitrogen and oxygen atoms in total. The lowest BCUT2D eigenvalue weighted by molar-refractivity contribution is -0.126. The number of nitrogens with zero attached hydrogens (tertiary/aromatic N) is 1. The summed E-state index contributed by atoms with van der Waals surface area (Å²) in [6.07, 6.45) is 4.58. The lowest BCUT2D eigenvalue weighted by atomic mass is 9.92. The van der Waals surface area contributed by atoms with Crippen molar-refractivity contribution in [1.82, 2.24) is 10.2 Å². The number of likely N-dealkylation sites (tertiary alicyclic amines) is 1. The Balaban J connectivity index is 1.77. The summed E-state index contributed by atoms with van der Waals surface area (Å²) in [6, 6.07) is 9.64. The van der Waals surface area contributed by atoms with Crippen LogP contribution < -0.4 is 5.32 Å². The number of hydrogen-bond donors (Lipinski definition) is 2. The molecular weight excluding hydrogens is 288 g/mol. The van der Waals surface area contributed by atoms with Gasteiger partial charge in [-0.05, 0) is 38.3 Å². The first kappa shape index (κ1) is 18.0. The van der Waals surface area contributed by atoms with Gasteiger partial charge < -0.3 is 15.3 Å². The molecule has 1 amide bonds. The number of piperidine rings is 1. The number of aliphatic hydroxyl groups is 1. The van der Waals surface area contributed by atoms with Gasteiger partial charge in [-0.25, -0.2) is 0 Å². The van der Waals surface area contributed by atoms with Crippen LogP contribution in [0.4, 0.5) is 0 Å². The predicted octanol–water partition coefficient (Wildman–Crippen LogP) is 2.66. The normalized spacial score (nSPS) is 19.3. The van der Waals surface area contributed by atoms with E-state index in [1.54, 1.807) is 6.92 Å². The van der Waals surface area contributed by atoms with Crippen molar-refractivity contribution in [3.05, 3.63) is 35.9 Å². The standard InChI is InChI=1S/C19H30N2O2/c1-3-4-12-21-13-10-17(11-14-21)20-18(22)15-19(2,23)16-8-6-5-7-9-16/h5-9,17,23H,3-4,10-15H2,1-2H3,(H,20,22). The molecule has 2 rings (SSSR count). The van der Waals surface area contributed by atoms with Gasteiger partial charge in [0.25, 0.3) is 0 Å². The molecule has 0 aromatic heterocycles. The van der Waals surface area contributed by atoms with Gasteiger partial charge in [0.15, 0.2) is 0 Å². The minimum atomic E-state index is -1.12. The molecule has 1 aliphatic rings. The second-order valence-corrected chi connectivity index (χ2v) is 6.85. The van der Waals surface area contributed by atoms with Crippen molar-refractivity contribution < 1.29 is 9.90 Å². The van der Waals surface area contributed by atoms with Crippen LogP contribution in [0.1, 0.15) is 51.5 Å². The van der Waals surface area contributed by atoms with Gasteiger partial charge in [-0.15, -0.1) is 0 Å². The monoisotopic (exact) mass is 318 g/mol. The maximum absolute atomic E-state index is 12.3. The maximum atomic E-state index is 12.3. The number of carbonyl (C=O) groups excluding carboxylic acids is 1. The van der Waals surface area contributed by atoms with Crippen LogP contribution in [0, 0.1) is 0 Å². The number of unbranched alkanes of at least 4 members (excludes halogenated alkanes) is 1. The van der Waals surface area contributed by atoms with Gasteiger partial charge in [-0.2, -0.15) is 0 Å². The molecule has 0 radical (unpaired) electrons. The van der Waals surface area contributed by atoms with Gasteiger partial charge in [-0.3, -0.25) is 4.79 Å². The van der Waals surface area contributed by atoms with E-state index in [9.17, 15) is 9.90 Å². The van der Waals surface area contributed by atoms with Crippen molar-refractivity contribution in [3.63, 3.8) is 0 Å². The van der Waals surface area contributed by atoms with Crippen molar-refractivity contribution in [3.8, 4) is 0 Å². The zero-order chi connectivity index (χ0) is 16.7. The Morgan fingerprint density at radius 3 is 2.57 bits per heavy atom. The SMILES string of the molecule is CCCCN1CCC(NC(=O)CC(C)(O)c2ccccc2)CC1. The number of nitrogens with one attached hydrogen (secondary N) is 1. The first-order valence-electron chi connectivity index (χ1n) is 8.81. The van der Waals surface area contributed by atoms with E-state index in [-0.39, 0.29) is 18.4 Å². The molecule has 0 spiro atoms. The Kier molecular flexibility index (Phi) is 6.60. The van der Waals surface area contributed by atoms with Crippen molar-refractivity contribution in [2.75, 3.05) is 19.6 Å². The minimum absolute atomic E-state index is 0.0640. The molecule has 1 aromatic carbocycles. The van der Waals surface area contributed by atoms with Gasteiger partial charge in [0.2, 0.25) is 5.91 Å². The molecule has 23 heavy (non-hydrogen) atoms. The van der Waals surface area contributed by atoms with Crippen LogP contribution in [0.5, 0.6) is 0 Å². The van der Waals surface area contributed by atoms with Gasteiger partial charge in [0, 0.05) is 19.1 Å². The number of benzene rings is 1. The molecule has 2 N–H and O–H groups in total. The first-order valence-corrected chi connectivity index (χ1v) is 8.81. The van der Waals surface area contributed by atoms with E-state index >= 15 is 0 Å². The first-order chi connectivity index (χ1) is 11.0. The van der Waals surface area contributed by atoms with E-state index in [4.69, 9.17) is 0 Å². The number of amides is 1. The molecule has 0 bridgehead atoms. The van der Waals surface area contributed by atoms with Crippen LogP contribution in [-0.2, 0) is 10.4 Å². The van der Waals surface area contributed by atoms with E-state index < -0.39 is 5.60 Å². The van der Waals surface area contributed by atoms with Gasteiger partial charge >= 0.3 is 0 Å². The number of carbonyl (C=O) groups is 1. The highest BCUT2D eigenvalue weighted by atomic mass is 16.3. The van der Waals surface area contributed by atoms with Crippen LogP contribution in [0.3, 0.4) is 0 Å². The van der Waals surface area contributed by atoms with Gasteiger partial charge in [0.1, 0.15) is 0 Å². The third kappa shape index (κ3) is 5.63. The third-order valence-electron chi connectivity index (χ3n) is 4.68. The quantitative estimate of drug-likeness (QED) is 0.813. The summed E-state index contributed by atoms with van der Waals surface area (Å²) in [5.74, 6) is -0.0640. The average molecular weight is 318 g/mol. The highest BCUT2D eigenvalue weighted by Gasteiger charge is 2.28. The largest absolute Gasteiger partial charge is 0.385 e. The topological polar surface area (TPSA) is 52.6 Å². The smallest absolute Gasteiger partial charge is 0.223 e. The van der Waals surface area contributed by atoms with Crippen LogP contribution in [-0.4, -0.2) is 41.6 Å². The molecule has 0 saturated carbocycles. The van der Waals surface area contributed by atoms with E-state index in [1.807, 2.05) is 30.3 Å². The second kappa shape index (κ2) is 8.46. The molecular formula is C19H30N2O2.